The van der Waals surface area contributed by atoms with E-state index in [0.29, 0.717) is 11.1 Å². The van der Waals surface area contributed by atoms with E-state index in [4.69, 9.17) is 9.47 Å². The highest BCUT2D eigenvalue weighted by atomic mass is 16.5. The highest BCUT2D eigenvalue weighted by molar-refractivity contribution is 5.99. The highest BCUT2D eigenvalue weighted by Crippen LogP contribution is 2.10. The molecule has 24 heavy (non-hydrogen) atoms. The van der Waals surface area contributed by atoms with Crippen LogP contribution in [0.5, 0.6) is 0 Å². The molecule has 1 aromatic carbocycles. The molecule has 0 spiro atoms. The maximum atomic E-state index is 12.0. The summed E-state index contributed by atoms with van der Waals surface area (Å²) in [6.07, 6.45) is 0.265. The first-order chi connectivity index (χ1) is 11.5. The van der Waals surface area contributed by atoms with Crippen LogP contribution >= 0.6 is 0 Å². The van der Waals surface area contributed by atoms with Crippen molar-refractivity contribution in [3.63, 3.8) is 0 Å². The van der Waals surface area contributed by atoms with E-state index >= 15 is 0 Å². The van der Waals surface area contributed by atoms with Crippen LogP contribution in [0.15, 0.2) is 24.3 Å². The SMILES string of the molecule is CCOC(=O)CCC(=O)CCC(=O)c1ccc(C(=O)OCC)cc1. The maximum absolute atomic E-state index is 12.0. The molecule has 0 N–H and O–H groups in total. The second-order valence-corrected chi connectivity index (χ2v) is 5.06. The van der Waals surface area contributed by atoms with Crippen molar-refractivity contribution in [3.8, 4) is 0 Å². The van der Waals surface area contributed by atoms with Crippen molar-refractivity contribution in [3.05, 3.63) is 35.4 Å². The summed E-state index contributed by atoms with van der Waals surface area (Å²) < 4.78 is 9.60. The van der Waals surface area contributed by atoms with Gasteiger partial charge in [-0.05, 0) is 26.0 Å². The van der Waals surface area contributed by atoms with E-state index in [1.807, 2.05) is 0 Å². The molecule has 0 saturated carbocycles. The molecule has 0 amide bonds. The minimum absolute atomic E-state index is 0.0368. The molecule has 130 valence electrons. The van der Waals surface area contributed by atoms with Crippen molar-refractivity contribution < 1.29 is 28.7 Å². The number of carbonyl (C=O) groups is 4. The van der Waals surface area contributed by atoms with Gasteiger partial charge in [0.05, 0.1) is 25.2 Å². The Morgan fingerprint density at radius 1 is 0.750 bits per heavy atom. The van der Waals surface area contributed by atoms with Crippen LogP contribution in [0.3, 0.4) is 0 Å². The Morgan fingerprint density at radius 2 is 1.29 bits per heavy atom. The smallest absolute Gasteiger partial charge is 0.338 e. The van der Waals surface area contributed by atoms with Gasteiger partial charge in [-0.15, -0.1) is 0 Å². The van der Waals surface area contributed by atoms with Crippen LogP contribution in [0.2, 0.25) is 0 Å². The van der Waals surface area contributed by atoms with Crippen molar-refractivity contribution in [1.82, 2.24) is 0 Å². The Morgan fingerprint density at radius 3 is 1.88 bits per heavy atom. The Labute approximate surface area is 141 Å². The standard InChI is InChI=1S/C18H22O6/c1-3-23-17(21)12-10-15(19)9-11-16(20)13-5-7-14(8-6-13)18(22)24-4-2/h5-8H,3-4,9-12H2,1-2H3. The molecule has 0 aliphatic carbocycles. The maximum Gasteiger partial charge on any atom is 0.338 e. The van der Waals surface area contributed by atoms with Crippen LogP contribution in [0.1, 0.15) is 60.2 Å². The molecule has 6 nitrogen and oxygen atoms in total. The van der Waals surface area contributed by atoms with Crippen molar-refractivity contribution in [2.75, 3.05) is 13.2 Å². The van der Waals surface area contributed by atoms with Gasteiger partial charge in [0.25, 0.3) is 0 Å². The highest BCUT2D eigenvalue weighted by Gasteiger charge is 2.13. The zero-order valence-electron chi connectivity index (χ0n) is 14.0. The Hall–Kier alpha value is -2.50. The van der Waals surface area contributed by atoms with Gasteiger partial charge < -0.3 is 9.47 Å². The minimum atomic E-state index is -0.439. The van der Waals surface area contributed by atoms with Crippen LogP contribution in [0, 0.1) is 0 Å². The summed E-state index contributed by atoms with van der Waals surface area (Å²) in [4.78, 5) is 46.4. The van der Waals surface area contributed by atoms with Gasteiger partial charge in [-0.25, -0.2) is 4.79 Å². The molecule has 0 aliphatic rings. The van der Waals surface area contributed by atoms with Gasteiger partial charge in [0, 0.05) is 24.8 Å². The molecule has 0 atom stereocenters. The van der Waals surface area contributed by atoms with E-state index in [1.165, 1.54) is 24.3 Å². The molecule has 0 unspecified atom stereocenters. The van der Waals surface area contributed by atoms with Crippen LogP contribution in [-0.4, -0.2) is 36.7 Å². The molecule has 1 rings (SSSR count). The van der Waals surface area contributed by atoms with Crippen molar-refractivity contribution in [2.24, 2.45) is 0 Å². The third-order valence-corrected chi connectivity index (χ3v) is 3.26. The Bertz CT molecular complexity index is 588. The molecular formula is C18H22O6. The van der Waals surface area contributed by atoms with Gasteiger partial charge in [-0.3, -0.25) is 14.4 Å². The second-order valence-electron chi connectivity index (χ2n) is 5.06. The first kappa shape index (κ1) is 19.5. The topological polar surface area (TPSA) is 86.7 Å². The number of rotatable bonds is 10. The average molecular weight is 334 g/mol. The van der Waals surface area contributed by atoms with Crippen LogP contribution in [0.4, 0.5) is 0 Å². The van der Waals surface area contributed by atoms with Crippen molar-refractivity contribution in [2.45, 2.75) is 39.5 Å². The molecule has 6 heteroatoms. The lowest BCUT2D eigenvalue weighted by atomic mass is 10.0. The van der Waals surface area contributed by atoms with Gasteiger partial charge in [-0.2, -0.15) is 0 Å². The Balaban J connectivity index is 2.43. The number of hydrogen-bond acceptors (Lipinski definition) is 6. The number of Topliss-reactive ketones (excluding diaryl/α,β-unsaturated/α-hetero) is 2. The molecule has 1 aromatic rings. The molecule has 0 bridgehead atoms. The largest absolute Gasteiger partial charge is 0.466 e. The monoisotopic (exact) mass is 334 g/mol. The molecule has 0 aromatic heterocycles. The van der Waals surface area contributed by atoms with E-state index in [1.54, 1.807) is 13.8 Å². The summed E-state index contributed by atoms with van der Waals surface area (Å²) in [5.74, 6) is -1.19. The van der Waals surface area contributed by atoms with Gasteiger partial charge in [0.2, 0.25) is 0 Å². The molecule has 0 fully saturated rings. The summed E-state index contributed by atoms with van der Waals surface area (Å²) in [5, 5.41) is 0. The lowest BCUT2D eigenvalue weighted by molar-refractivity contribution is -0.144. The first-order valence-electron chi connectivity index (χ1n) is 7.95. The van der Waals surface area contributed by atoms with Gasteiger partial charge in [0.15, 0.2) is 5.78 Å². The first-order valence-corrected chi connectivity index (χ1v) is 7.95. The fraction of sp³-hybridized carbons (Fsp3) is 0.444. The number of ether oxygens (including phenoxy) is 2. The zero-order chi connectivity index (χ0) is 17.9. The third-order valence-electron chi connectivity index (χ3n) is 3.26. The molecule has 0 radical (unpaired) electrons. The van der Waals surface area contributed by atoms with Crippen LogP contribution in [0.25, 0.3) is 0 Å². The minimum Gasteiger partial charge on any atom is -0.466 e. The van der Waals surface area contributed by atoms with E-state index in [2.05, 4.69) is 0 Å². The van der Waals surface area contributed by atoms with Gasteiger partial charge in [-0.1, -0.05) is 12.1 Å². The zero-order valence-corrected chi connectivity index (χ0v) is 14.0. The normalized spacial score (nSPS) is 10.1. The van der Waals surface area contributed by atoms with E-state index in [9.17, 15) is 19.2 Å². The predicted molar refractivity (Wildman–Crippen MR) is 86.8 cm³/mol. The molecule has 0 aliphatic heterocycles. The van der Waals surface area contributed by atoms with Gasteiger partial charge >= 0.3 is 11.9 Å². The summed E-state index contributed by atoms with van der Waals surface area (Å²) in [6.45, 7) is 3.99. The quantitative estimate of drug-likeness (QED) is 0.483. The van der Waals surface area contributed by atoms with E-state index < -0.39 is 11.9 Å². The second kappa shape index (κ2) is 10.3. The molecular weight excluding hydrogens is 312 g/mol. The summed E-state index contributed by atoms with van der Waals surface area (Å²) in [5.41, 5.74) is 0.806. The van der Waals surface area contributed by atoms with Crippen LogP contribution in [-0.2, 0) is 19.1 Å². The fourth-order valence-electron chi connectivity index (χ4n) is 2.00. The number of benzene rings is 1. The number of ketones is 2. The number of esters is 2. The fourth-order valence-corrected chi connectivity index (χ4v) is 2.00. The number of carbonyl (C=O) groups excluding carboxylic acids is 4. The molecule has 0 heterocycles. The van der Waals surface area contributed by atoms with Crippen molar-refractivity contribution in [1.29, 1.82) is 0 Å². The van der Waals surface area contributed by atoms with Crippen LogP contribution < -0.4 is 0 Å². The summed E-state index contributed by atoms with van der Waals surface area (Å²) in [7, 11) is 0. The predicted octanol–water partition coefficient (Wildman–Crippen LogP) is 2.74. The molecule has 0 saturated heterocycles. The summed E-state index contributed by atoms with van der Waals surface area (Å²) >= 11 is 0. The Kier molecular flexibility index (Phi) is 8.39. The third kappa shape index (κ3) is 6.73. The lowest BCUT2D eigenvalue weighted by Crippen LogP contribution is -2.09. The summed E-state index contributed by atoms with van der Waals surface area (Å²) in [6, 6.07) is 6.12. The van der Waals surface area contributed by atoms with E-state index in [0.717, 1.165) is 0 Å². The van der Waals surface area contributed by atoms with E-state index in [-0.39, 0.29) is 50.5 Å². The number of hydrogen-bond donors (Lipinski definition) is 0. The average Bonchev–Trinajstić information content (AvgIpc) is 2.58. The van der Waals surface area contributed by atoms with Gasteiger partial charge in [0.1, 0.15) is 5.78 Å². The lowest BCUT2D eigenvalue weighted by Gasteiger charge is -2.04. The van der Waals surface area contributed by atoms with Crippen molar-refractivity contribution >= 4 is 23.5 Å².